The lowest BCUT2D eigenvalue weighted by Gasteiger charge is -2.10. The second-order valence-corrected chi connectivity index (χ2v) is 4.90. The summed E-state index contributed by atoms with van der Waals surface area (Å²) in [5.41, 5.74) is 0.292. The number of carbonyl (C=O) groups excluding carboxylic acids is 2. The highest BCUT2D eigenvalue weighted by Crippen LogP contribution is 2.37. The number of aryl methyl sites for hydroxylation is 1. The van der Waals surface area contributed by atoms with Crippen LogP contribution in [0.25, 0.3) is 0 Å². The third kappa shape index (κ3) is 3.13. The molecule has 1 aromatic heterocycles. The van der Waals surface area contributed by atoms with E-state index in [1.807, 2.05) is 6.92 Å². The molecule has 1 atom stereocenters. The number of carbonyl (C=O) groups is 2. The minimum absolute atomic E-state index is 0.0444. The van der Waals surface area contributed by atoms with Crippen LogP contribution >= 0.6 is 0 Å². The first-order valence-corrected chi connectivity index (χ1v) is 6.54. The van der Waals surface area contributed by atoms with Crippen molar-refractivity contribution in [2.24, 2.45) is 18.9 Å². The molecule has 0 unspecified atom stereocenters. The van der Waals surface area contributed by atoms with Gasteiger partial charge in [-0.2, -0.15) is 5.10 Å². The molecule has 0 saturated heterocycles. The molecule has 104 valence electrons. The lowest BCUT2D eigenvalue weighted by molar-refractivity contribution is -0.119. The number of anilines is 1. The van der Waals surface area contributed by atoms with Crippen molar-refractivity contribution in [3.8, 4) is 0 Å². The van der Waals surface area contributed by atoms with E-state index in [4.69, 9.17) is 4.74 Å². The number of hydrogen-bond donors (Lipinski definition) is 1. The summed E-state index contributed by atoms with van der Waals surface area (Å²) in [7, 11) is 1.70. The first-order chi connectivity index (χ1) is 9.02. The van der Waals surface area contributed by atoms with Gasteiger partial charge < -0.3 is 10.1 Å². The third-order valence-corrected chi connectivity index (χ3v) is 3.31. The minimum atomic E-state index is -0.468. The molecule has 6 nitrogen and oxygen atoms in total. The second-order valence-electron chi connectivity index (χ2n) is 4.90. The molecule has 1 aromatic rings. The first-order valence-electron chi connectivity index (χ1n) is 6.54. The number of esters is 1. The molecule has 6 heteroatoms. The fraction of sp³-hybridized carbons (Fsp3) is 0.615. The van der Waals surface area contributed by atoms with Crippen LogP contribution in [0.3, 0.4) is 0 Å². The van der Waals surface area contributed by atoms with Crippen LogP contribution in [0.5, 0.6) is 0 Å². The molecule has 19 heavy (non-hydrogen) atoms. The molecule has 2 rings (SSSR count). The van der Waals surface area contributed by atoms with Gasteiger partial charge >= 0.3 is 5.97 Å². The number of nitrogens with zero attached hydrogens (tertiary/aromatic N) is 2. The number of rotatable bonds is 5. The van der Waals surface area contributed by atoms with Gasteiger partial charge in [-0.1, -0.05) is 6.92 Å². The van der Waals surface area contributed by atoms with Gasteiger partial charge in [0.15, 0.2) is 5.82 Å². The van der Waals surface area contributed by atoms with E-state index in [0.717, 1.165) is 12.8 Å². The SMILES string of the molecule is CCOC(=O)c1cn(C)nc1NC(=O)[C@H](C)C1CC1. The number of hydrogen-bond acceptors (Lipinski definition) is 4. The van der Waals surface area contributed by atoms with Crippen LogP contribution in [0.15, 0.2) is 6.20 Å². The van der Waals surface area contributed by atoms with E-state index in [1.165, 1.54) is 4.68 Å². The third-order valence-electron chi connectivity index (χ3n) is 3.31. The molecular weight excluding hydrogens is 246 g/mol. The molecule has 1 fully saturated rings. The van der Waals surface area contributed by atoms with E-state index < -0.39 is 5.97 Å². The van der Waals surface area contributed by atoms with Crippen LogP contribution in [-0.4, -0.2) is 28.3 Å². The molecule has 0 bridgehead atoms. The Morgan fingerprint density at radius 2 is 2.26 bits per heavy atom. The van der Waals surface area contributed by atoms with Crippen LogP contribution in [0.4, 0.5) is 5.82 Å². The fourth-order valence-electron chi connectivity index (χ4n) is 1.98. The molecule has 0 radical (unpaired) electrons. The van der Waals surface area contributed by atoms with E-state index in [9.17, 15) is 9.59 Å². The van der Waals surface area contributed by atoms with E-state index >= 15 is 0 Å². The summed E-state index contributed by atoms with van der Waals surface area (Å²) in [6, 6.07) is 0. The van der Waals surface area contributed by atoms with E-state index in [0.29, 0.717) is 18.1 Å². The van der Waals surface area contributed by atoms with Gasteiger partial charge in [-0.05, 0) is 25.7 Å². The zero-order valence-electron chi connectivity index (χ0n) is 11.5. The number of nitrogens with one attached hydrogen (secondary N) is 1. The summed E-state index contributed by atoms with van der Waals surface area (Å²) >= 11 is 0. The zero-order chi connectivity index (χ0) is 14.0. The highest BCUT2D eigenvalue weighted by Gasteiger charge is 2.33. The highest BCUT2D eigenvalue weighted by atomic mass is 16.5. The van der Waals surface area contributed by atoms with Crippen molar-refractivity contribution in [2.45, 2.75) is 26.7 Å². The highest BCUT2D eigenvalue weighted by molar-refractivity contribution is 6.00. The van der Waals surface area contributed by atoms with Gasteiger partial charge in [-0.25, -0.2) is 4.79 Å². The van der Waals surface area contributed by atoms with Crippen LogP contribution in [0.1, 0.15) is 37.0 Å². The Bertz CT molecular complexity index is 491. The van der Waals surface area contributed by atoms with Crippen LogP contribution in [0, 0.1) is 11.8 Å². The van der Waals surface area contributed by atoms with Gasteiger partial charge in [-0.3, -0.25) is 9.48 Å². The first kappa shape index (κ1) is 13.6. The zero-order valence-corrected chi connectivity index (χ0v) is 11.5. The predicted molar refractivity (Wildman–Crippen MR) is 69.7 cm³/mol. The Balaban J connectivity index is 2.10. The second kappa shape index (κ2) is 5.42. The molecule has 1 saturated carbocycles. The van der Waals surface area contributed by atoms with Gasteiger partial charge in [0.1, 0.15) is 5.56 Å². The average Bonchev–Trinajstić information content (AvgIpc) is 3.13. The maximum Gasteiger partial charge on any atom is 0.343 e. The largest absolute Gasteiger partial charge is 0.462 e. The molecule has 0 aliphatic heterocycles. The van der Waals surface area contributed by atoms with Gasteiger partial charge in [0, 0.05) is 19.2 Å². The maximum absolute atomic E-state index is 12.0. The number of amides is 1. The summed E-state index contributed by atoms with van der Waals surface area (Å²) in [6.45, 7) is 3.93. The molecule has 1 aliphatic rings. The van der Waals surface area contributed by atoms with Crippen molar-refractivity contribution < 1.29 is 14.3 Å². The predicted octanol–water partition coefficient (Wildman–Crippen LogP) is 1.58. The van der Waals surface area contributed by atoms with E-state index in [2.05, 4.69) is 10.4 Å². The maximum atomic E-state index is 12.0. The Kier molecular flexibility index (Phi) is 3.87. The van der Waals surface area contributed by atoms with Crippen LogP contribution in [0.2, 0.25) is 0 Å². The van der Waals surface area contributed by atoms with Crippen molar-refractivity contribution in [2.75, 3.05) is 11.9 Å². The summed E-state index contributed by atoms with van der Waals surface area (Å²) in [6.07, 6.45) is 3.75. The average molecular weight is 265 g/mol. The molecular formula is C13H19N3O3. The van der Waals surface area contributed by atoms with Gasteiger partial charge in [-0.15, -0.1) is 0 Å². The van der Waals surface area contributed by atoms with Crippen LogP contribution < -0.4 is 5.32 Å². The Labute approximate surface area is 112 Å². The number of ether oxygens (including phenoxy) is 1. The van der Waals surface area contributed by atoms with E-state index in [-0.39, 0.29) is 17.6 Å². The molecule has 0 spiro atoms. The summed E-state index contributed by atoms with van der Waals surface area (Å²) < 4.78 is 6.43. The van der Waals surface area contributed by atoms with Gasteiger partial charge in [0.25, 0.3) is 0 Å². The Hall–Kier alpha value is -1.85. The molecule has 1 aliphatic carbocycles. The van der Waals surface area contributed by atoms with Crippen molar-refractivity contribution in [1.82, 2.24) is 9.78 Å². The minimum Gasteiger partial charge on any atom is -0.462 e. The normalized spacial score (nSPS) is 15.9. The molecule has 1 heterocycles. The lowest BCUT2D eigenvalue weighted by Crippen LogP contribution is -2.23. The lowest BCUT2D eigenvalue weighted by atomic mass is 10.1. The quantitative estimate of drug-likeness (QED) is 0.820. The topological polar surface area (TPSA) is 73.2 Å². The summed E-state index contributed by atoms with van der Waals surface area (Å²) in [5, 5.41) is 6.82. The molecule has 1 N–H and O–H groups in total. The van der Waals surface area contributed by atoms with Crippen molar-refractivity contribution in [1.29, 1.82) is 0 Å². The Morgan fingerprint density at radius 1 is 1.58 bits per heavy atom. The van der Waals surface area contributed by atoms with Crippen molar-refractivity contribution in [3.05, 3.63) is 11.8 Å². The molecule has 0 aromatic carbocycles. The van der Waals surface area contributed by atoms with Gasteiger partial charge in [0.05, 0.1) is 6.61 Å². The molecule has 1 amide bonds. The van der Waals surface area contributed by atoms with Crippen molar-refractivity contribution >= 4 is 17.7 Å². The van der Waals surface area contributed by atoms with Crippen LogP contribution in [-0.2, 0) is 16.6 Å². The summed E-state index contributed by atoms with van der Waals surface area (Å²) in [4.78, 5) is 23.8. The summed E-state index contributed by atoms with van der Waals surface area (Å²) in [5.74, 6) is 0.141. The fourth-order valence-corrected chi connectivity index (χ4v) is 1.98. The monoisotopic (exact) mass is 265 g/mol. The standard InChI is InChI=1S/C13H19N3O3/c1-4-19-13(18)10-7-16(3)15-11(10)14-12(17)8(2)9-5-6-9/h7-9H,4-6H2,1-3H3,(H,14,15,17)/t8-/m1/s1. The number of aromatic nitrogens is 2. The van der Waals surface area contributed by atoms with E-state index in [1.54, 1.807) is 20.2 Å². The van der Waals surface area contributed by atoms with Crippen molar-refractivity contribution in [3.63, 3.8) is 0 Å². The Morgan fingerprint density at radius 3 is 2.84 bits per heavy atom. The smallest absolute Gasteiger partial charge is 0.343 e. The van der Waals surface area contributed by atoms with Gasteiger partial charge in [0.2, 0.25) is 5.91 Å².